The Morgan fingerprint density at radius 3 is 2.23 bits per heavy atom. The first-order valence-electron chi connectivity index (χ1n) is 7.97. The van der Waals surface area contributed by atoms with Gasteiger partial charge in [0.1, 0.15) is 6.61 Å². The second-order valence-corrected chi connectivity index (χ2v) is 6.51. The van der Waals surface area contributed by atoms with Crippen molar-refractivity contribution in [1.82, 2.24) is 5.32 Å². The highest BCUT2D eigenvalue weighted by atomic mass is 19.4. The molecule has 148 valence electrons. The van der Waals surface area contributed by atoms with Gasteiger partial charge in [-0.05, 0) is 32.3 Å². The summed E-state index contributed by atoms with van der Waals surface area (Å²) < 4.78 is 67.4. The van der Waals surface area contributed by atoms with Gasteiger partial charge in [-0.2, -0.15) is 22.0 Å². The van der Waals surface area contributed by atoms with Gasteiger partial charge < -0.3 is 15.2 Å². The molecule has 1 amide bonds. The van der Waals surface area contributed by atoms with Gasteiger partial charge in [0.25, 0.3) is 0 Å². The van der Waals surface area contributed by atoms with Gasteiger partial charge in [-0.15, -0.1) is 0 Å². The number of rotatable bonds is 8. The molecule has 9 heteroatoms. The zero-order valence-corrected chi connectivity index (χ0v) is 14.4. The number of benzene rings is 1. The number of hydrogen-bond donors (Lipinski definition) is 2. The van der Waals surface area contributed by atoms with Crippen LogP contribution in [0, 0.1) is 0 Å². The molecule has 0 radical (unpaired) electrons. The predicted molar refractivity (Wildman–Crippen MR) is 84.7 cm³/mol. The summed E-state index contributed by atoms with van der Waals surface area (Å²) in [5, 5.41) is 12.3. The van der Waals surface area contributed by atoms with Crippen molar-refractivity contribution < 1.29 is 36.6 Å². The van der Waals surface area contributed by atoms with E-state index in [4.69, 9.17) is 4.74 Å². The Morgan fingerprint density at radius 1 is 1.15 bits per heavy atom. The Morgan fingerprint density at radius 2 is 1.73 bits per heavy atom. The number of nitrogens with one attached hydrogen (secondary N) is 1. The van der Waals surface area contributed by atoms with E-state index in [-0.39, 0.29) is 13.0 Å². The van der Waals surface area contributed by atoms with E-state index in [0.29, 0.717) is 5.56 Å². The lowest BCUT2D eigenvalue weighted by Crippen LogP contribution is -2.49. The van der Waals surface area contributed by atoms with Crippen LogP contribution in [0.5, 0.6) is 0 Å². The van der Waals surface area contributed by atoms with Gasteiger partial charge in [-0.3, -0.25) is 0 Å². The van der Waals surface area contributed by atoms with E-state index in [1.54, 1.807) is 30.3 Å². The van der Waals surface area contributed by atoms with Crippen LogP contribution < -0.4 is 5.32 Å². The molecule has 1 rings (SSSR count). The molecule has 0 bridgehead atoms. The Balaban J connectivity index is 2.55. The van der Waals surface area contributed by atoms with E-state index in [1.807, 2.05) is 0 Å². The van der Waals surface area contributed by atoms with E-state index in [1.165, 1.54) is 13.8 Å². The van der Waals surface area contributed by atoms with Crippen molar-refractivity contribution in [3.8, 4) is 0 Å². The largest absolute Gasteiger partial charge is 0.453 e. The molecule has 26 heavy (non-hydrogen) atoms. The van der Waals surface area contributed by atoms with Crippen molar-refractivity contribution in [1.29, 1.82) is 0 Å². The second kappa shape index (κ2) is 8.66. The first kappa shape index (κ1) is 22.1. The SMILES string of the molecule is CC(C)(O)C(CCCC(F)(F)C(F)(F)F)NC(=O)OCc1ccccc1. The third-order valence-corrected chi connectivity index (χ3v) is 3.76. The van der Waals surface area contributed by atoms with E-state index < -0.39 is 42.7 Å². The van der Waals surface area contributed by atoms with Gasteiger partial charge in [-0.1, -0.05) is 30.3 Å². The first-order valence-corrected chi connectivity index (χ1v) is 7.97. The lowest BCUT2D eigenvalue weighted by Gasteiger charge is -2.30. The van der Waals surface area contributed by atoms with Crippen LogP contribution in [0.2, 0.25) is 0 Å². The van der Waals surface area contributed by atoms with E-state index >= 15 is 0 Å². The number of amides is 1. The van der Waals surface area contributed by atoms with E-state index in [9.17, 15) is 31.9 Å². The van der Waals surface area contributed by atoms with Crippen LogP contribution in [0.3, 0.4) is 0 Å². The number of hydrogen-bond acceptors (Lipinski definition) is 3. The van der Waals surface area contributed by atoms with Crippen LogP contribution in [-0.4, -0.2) is 34.9 Å². The lowest BCUT2D eigenvalue weighted by atomic mass is 9.93. The Labute approximate surface area is 148 Å². The molecule has 0 aromatic heterocycles. The summed E-state index contributed by atoms with van der Waals surface area (Å²) in [5.74, 6) is -4.81. The number of alkyl carbamates (subject to hydrolysis) is 1. The molecule has 0 spiro atoms. The first-order chi connectivity index (χ1) is 11.8. The molecule has 0 aliphatic heterocycles. The third kappa shape index (κ3) is 7.15. The minimum atomic E-state index is -5.63. The quantitative estimate of drug-likeness (QED) is 0.654. The standard InChI is InChI=1S/C17H22F5NO3/c1-15(2,25)13(9-6-10-16(18,19)17(20,21)22)23-14(24)26-11-12-7-4-3-5-8-12/h3-5,7-8,13,25H,6,9-11H2,1-2H3,(H,23,24). The molecule has 0 fully saturated rings. The van der Waals surface area contributed by atoms with Gasteiger partial charge in [0.15, 0.2) is 0 Å². The summed E-state index contributed by atoms with van der Waals surface area (Å²) in [6, 6.07) is 7.67. The minimum Gasteiger partial charge on any atom is -0.445 e. The van der Waals surface area contributed by atoms with Gasteiger partial charge in [0.2, 0.25) is 0 Å². The summed E-state index contributed by atoms with van der Waals surface area (Å²) in [5.41, 5.74) is -0.813. The summed E-state index contributed by atoms with van der Waals surface area (Å²) in [4.78, 5) is 11.8. The van der Waals surface area contributed by atoms with Crippen LogP contribution in [-0.2, 0) is 11.3 Å². The molecule has 2 N–H and O–H groups in total. The van der Waals surface area contributed by atoms with Crippen LogP contribution in [0.1, 0.15) is 38.7 Å². The van der Waals surface area contributed by atoms with Crippen molar-refractivity contribution in [3.05, 3.63) is 35.9 Å². The van der Waals surface area contributed by atoms with Gasteiger partial charge in [0.05, 0.1) is 11.6 Å². The monoisotopic (exact) mass is 383 g/mol. The van der Waals surface area contributed by atoms with Crippen molar-refractivity contribution in [2.24, 2.45) is 0 Å². The number of aliphatic hydroxyl groups is 1. The molecule has 0 saturated heterocycles. The highest BCUT2D eigenvalue weighted by molar-refractivity contribution is 5.67. The maximum Gasteiger partial charge on any atom is 0.453 e. The zero-order valence-electron chi connectivity index (χ0n) is 14.4. The Hall–Kier alpha value is -1.90. The fraction of sp³-hybridized carbons (Fsp3) is 0.588. The van der Waals surface area contributed by atoms with Crippen LogP contribution in [0.4, 0.5) is 26.7 Å². The maximum atomic E-state index is 12.9. The van der Waals surface area contributed by atoms with Crippen molar-refractivity contribution in [3.63, 3.8) is 0 Å². The second-order valence-electron chi connectivity index (χ2n) is 6.51. The highest BCUT2D eigenvalue weighted by Gasteiger charge is 2.56. The van der Waals surface area contributed by atoms with E-state index in [0.717, 1.165) is 0 Å². The molecule has 0 aliphatic rings. The minimum absolute atomic E-state index is 0.0443. The van der Waals surface area contributed by atoms with E-state index in [2.05, 4.69) is 5.32 Å². The molecule has 0 aliphatic carbocycles. The van der Waals surface area contributed by atoms with Gasteiger partial charge in [-0.25, -0.2) is 4.79 Å². The third-order valence-electron chi connectivity index (χ3n) is 3.76. The summed E-state index contributed by atoms with van der Waals surface area (Å²) >= 11 is 0. The Bertz CT molecular complexity index is 570. The van der Waals surface area contributed by atoms with Crippen molar-refractivity contribution in [2.45, 2.75) is 63.5 Å². The molecule has 0 heterocycles. The van der Waals surface area contributed by atoms with Crippen molar-refractivity contribution in [2.75, 3.05) is 0 Å². The molecular weight excluding hydrogens is 361 g/mol. The summed E-state index contributed by atoms with van der Waals surface area (Å²) in [6.07, 6.45) is -8.76. The predicted octanol–water partition coefficient (Wildman–Crippen LogP) is 4.42. The zero-order chi connectivity index (χ0) is 20.0. The van der Waals surface area contributed by atoms with Gasteiger partial charge in [0, 0.05) is 6.42 Å². The molecular formula is C17H22F5NO3. The topological polar surface area (TPSA) is 58.6 Å². The summed E-state index contributed by atoms with van der Waals surface area (Å²) in [6.45, 7) is 2.59. The summed E-state index contributed by atoms with van der Waals surface area (Å²) in [7, 11) is 0. The molecule has 1 atom stereocenters. The number of alkyl halides is 5. The Kier molecular flexibility index (Phi) is 7.37. The van der Waals surface area contributed by atoms with Gasteiger partial charge >= 0.3 is 18.2 Å². The molecule has 1 aromatic rings. The maximum absolute atomic E-state index is 12.9. The normalized spacial score (nSPS) is 14.0. The molecule has 1 unspecified atom stereocenters. The van der Waals surface area contributed by atoms with Crippen molar-refractivity contribution >= 4 is 6.09 Å². The fourth-order valence-electron chi connectivity index (χ4n) is 2.18. The molecule has 4 nitrogen and oxygen atoms in total. The lowest BCUT2D eigenvalue weighted by molar-refractivity contribution is -0.284. The highest BCUT2D eigenvalue weighted by Crippen LogP contribution is 2.39. The average Bonchev–Trinajstić information content (AvgIpc) is 2.51. The van der Waals surface area contributed by atoms with Crippen LogP contribution >= 0.6 is 0 Å². The number of halogens is 5. The van der Waals surface area contributed by atoms with Crippen LogP contribution in [0.25, 0.3) is 0 Å². The number of carbonyl (C=O) groups is 1. The smallest absolute Gasteiger partial charge is 0.445 e. The number of carbonyl (C=O) groups excluding carboxylic acids is 1. The average molecular weight is 383 g/mol. The fourth-order valence-corrected chi connectivity index (χ4v) is 2.18. The molecule has 1 aromatic carbocycles. The molecule has 0 saturated carbocycles. The van der Waals surface area contributed by atoms with Crippen LogP contribution in [0.15, 0.2) is 30.3 Å². The number of ether oxygens (including phenoxy) is 1.